The van der Waals surface area contributed by atoms with Gasteiger partial charge in [-0.3, -0.25) is 14.4 Å². The van der Waals surface area contributed by atoms with Crippen molar-refractivity contribution in [3.63, 3.8) is 0 Å². The molecule has 0 fully saturated rings. The molecule has 0 radical (unpaired) electrons. The second-order valence-electron chi connectivity index (χ2n) is 7.66. The first-order valence-corrected chi connectivity index (χ1v) is 9.97. The van der Waals surface area contributed by atoms with Crippen LogP contribution in [0.1, 0.15) is 32.8 Å². The van der Waals surface area contributed by atoms with Crippen molar-refractivity contribution in [3.8, 4) is 11.5 Å². The SMILES string of the molecule is COc1ccc(OC)c(NC(=O)C[C@]2(NC(C)=O)C(=O)N(C(C)C)c3ccccc32)c1. The van der Waals surface area contributed by atoms with Crippen molar-refractivity contribution in [2.45, 2.75) is 38.8 Å². The minimum absolute atomic E-state index is 0.147. The van der Waals surface area contributed by atoms with Crippen molar-refractivity contribution < 1.29 is 23.9 Å². The molecular weight excluding hydrogens is 398 g/mol. The van der Waals surface area contributed by atoms with Crippen LogP contribution >= 0.6 is 0 Å². The van der Waals surface area contributed by atoms with Crippen LogP contribution in [0.15, 0.2) is 42.5 Å². The van der Waals surface area contributed by atoms with E-state index in [1.165, 1.54) is 21.1 Å². The van der Waals surface area contributed by atoms with Crippen LogP contribution in [-0.2, 0) is 19.9 Å². The number of nitrogens with zero attached hydrogens (tertiary/aromatic N) is 1. The Morgan fingerprint density at radius 2 is 1.81 bits per heavy atom. The molecule has 0 aliphatic carbocycles. The molecule has 2 aromatic carbocycles. The fraction of sp³-hybridized carbons (Fsp3) is 0.348. The second kappa shape index (κ2) is 8.67. The van der Waals surface area contributed by atoms with Gasteiger partial charge in [-0.05, 0) is 32.0 Å². The monoisotopic (exact) mass is 425 g/mol. The van der Waals surface area contributed by atoms with Crippen LogP contribution in [0.3, 0.4) is 0 Å². The van der Waals surface area contributed by atoms with Crippen molar-refractivity contribution >= 4 is 29.1 Å². The summed E-state index contributed by atoms with van der Waals surface area (Å²) in [6, 6.07) is 12.1. The smallest absolute Gasteiger partial charge is 0.258 e. The molecule has 1 aliphatic rings. The zero-order valence-electron chi connectivity index (χ0n) is 18.3. The van der Waals surface area contributed by atoms with Gasteiger partial charge in [0.1, 0.15) is 11.5 Å². The minimum atomic E-state index is -1.50. The van der Waals surface area contributed by atoms with Gasteiger partial charge in [-0.2, -0.15) is 0 Å². The maximum atomic E-state index is 13.6. The molecule has 1 heterocycles. The van der Waals surface area contributed by atoms with Crippen LogP contribution < -0.4 is 25.0 Å². The molecule has 0 saturated carbocycles. The highest BCUT2D eigenvalue weighted by molar-refractivity contribution is 6.12. The highest BCUT2D eigenvalue weighted by Crippen LogP contribution is 2.43. The van der Waals surface area contributed by atoms with Gasteiger partial charge in [0.2, 0.25) is 11.8 Å². The summed E-state index contributed by atoms with van der Waals surface area (Å²) in [5.41, 5.74) is 0.187. The summed E-state index contributed by atoms with van der Waals surface area (Å²) in [4.78, 5) is 40.4. The van der Waals surface area contributed by atoms with Gasteiger partial charge in [0.25, 0.3) is 5.91 Å². The summed E-state index contributed by atoms with van der Waals surface area (Å²) >= 11 is 0. The lowest BCUT2D eigenvalue weighted by Crippen LogP contribution is -2.55. The molecule has 0 unspecified atom stereocenters. The quantitative estimate of drug-likeness (QED) is 0.711. The van der Waals surface area contributed by atoms with Gasteiger partial charge in [0, 0.05) is 24.6 Å². The highest BCUT2D eigenvalue weighted by Gasteiger charge is 2.53. The third-order valence-electron chi connectivity index (χ3n) is 5.22. The summed E-state index contributed by atoms with van der Waals surface area (Å²) in [6.45, 7) is 5.11. The van der Waals surface area contributed by atoms with E-state index in [1.54, 1.807) is 35.2 Å². The van der Waals surface area contributed by atoms with Gasteiger partial charge >= 0.3 is 0 Å². The van der Waals surface area contributed by atoms with Gasteiger partial charge in [0.05, 0.1) is 32.0 Å². The Morgan fingerprint density at radius 1 is 1.10 bits per heavy atom. The molecule has 2 N–H and O–H groups in total. The Bertz CT molecular complexity index is 1020. The fourth-order valence-electron chi connectivity index (χ4n) is 3.97. The van der Waals surface area contributed by atoms with Crippen molar-refractivity contribution in [1.82, 2.24) is 5.32 Å². The number of para-hydroxylation sites is 1. The van der Waals surface area contributed by atoms with Crippen LogP contribution in [0.2, 0.25) is 0 Å². The molecular formula is C23H27N3O5. The van der Waals surface area contributed by atoms with E-state index in [2.05, 4.69) is 10.6 Å². The molecule has 0 aromatic heterocycles. The number of ether oxygens (including phenoxy) is 2. The van der Waals surface area contributed by atoms with Crippen LogP contribution in [-0.4, -0.2) is 38.0 Å². The molecule has 1 aliphatic heterocycles. The average molecular weight is 425 g/mol. The Balaban J connectivity index is 2.01. The maximum Gasteiger partial charge on any atom is 0.258 e. The molecule has 2 aromatic rings. The predicted molar refractivity (Wildman–Crippen MR) is 117 cm³/mol. The number of hydrogen-bond donors (Lipinski definition) is 2. The molecule has 0 bridgehead atoms. The highest BCUT2D eigenvalue weighted by atomic mass is 16.5. The van der Waals surface area contributed by atoms with E-state index < -0.39 is 17.4 Å². The zero-order valence-corrected chi connectivity index (χ0v) is 18.3. The number of nitrogens with one attached hydrogen (secondary N) is 2. The molecule has 164 valence electrons. The molecule has 3 amide bonds. The largest absolute Gasteiger partial charge is 0.497 e. The zero-order chi connectivity index (χ0) is 22.8. The summed E-state index contributed by atoms with van der Waals surface area (Å²) in [6.07, 6.45) is -0.272. The van der Waals surface area contributed by atoms with E-state index in [0.29, 0.717) is 28.4 Å². The molecule has 1 atom stereocenters. The number of methoxy groups -OCH3 is 2. The number of fused-ring (bicyclic) bond motifs is 1. The van der Waals surface area contributed by atoms with E-state index in [0.717, 1.165) is 0 Å². The summed E-state index contributed by atoms with van der Waals surface area (Å²) < 4.78 is 10.5. The molecule has 31 heavy (non-hydrogen) atoms. The predicted octanol–water partition coefficient (Wildman–Crippen LogP) is 2.82. The molecule has 0 saturated heterocycles. The van der Waals surface area contributed by atoms with Crippen LogP contribution in [0.25, 0.3) is 0 Å². The first-order chi connectivity index (χ1) is 14.7. The fourth-order valence-corrected chi connectivity index (χ4v) is 3.97. The lowest BCUT2D eigenvalue weighted by molar-refractivity contribution is -0.133. The van der Waals surface area contributed by atoms with Crippen molar-refractivity contribution in [3.05, 3.63) is 48.0 Å². The minimum Gasteiger partial charge on any atom is -0.497 e. The van der Waals surface area contributed by atoms with Crippen LogP contribution in [0, 0.1) is 0 Å². The van der Waals surface area contributed by atoms with E-state index in [-0.39, 0.29) is 18.4 Å². The normalized spacial score (nSPS) is 17.4. The van der Waals surface area contributed by atoms with E-state index in [4.69, 9.17) is 9.47 Å². The number of rotatable bonds is 7. The van der Waals surface area contributed by atoms with Gasteiger partial charge in [0.15, 0.2) is 5.54 Å². The first kappa shape index (κ1) is 22.1. The van der Waals surface area contributed by atoms with E-state index in [9.17, 15) is 14.4 Å². The Labute approximate surface area is 181 Å². The number of carbonyl (C=O) groups excluding carboxylic acids is 3. The molecule has 0 spiro atoms. The topological polar surface area (TPSA) is 97.0 Å². The molecule has 8 nitrogen and oxygen atoms in total. The lowest BCUT2D eigenvalue weighted by Gasteiger charge is -2.30. The number of hydrogen-bond acceptors (Lipinski definition) is 5. The van der Waals surface area contributed by atoms with Crippen molar-refractivity contribution in [2.75, 3.05) is 24.4 Å². The van der Waals surface area contributed by atoms with Crippen molar-refractivity contribution in [2.24, 2.45) is 0 Å². The Hall–Kier alpha value is -3.55. The van der Waals surface area contributed by atoms with E-state index in [1.807, 2.05) is 26.0 Å². The van der Waals surface area contributed by atoms with Gasteiger partial charge in [-0.1, -0.05) is 18.2 Å². The Kier molecular flexibility index (Phi) is 6.19. The van der Waals surface area contributed by atoms with Crippen LogP contribution in [0.5, 0.6) is 11.5 Å². The number of anilines is 2. The lowest BCUT2D eigenvalue weighted by atomic mass is 9.87. The van der Waals surface area contributed by atoms with Crippen molar-refractivity contribution in [1.29, 1.82) is 0 Å². The molecule has 8 heteroatoms. The van der Waals surface area contributed by atoms with Crippen LogP contribution in [0.4, 0.5) is 11.4 Å². The standard InChI is InChI=1S/C23H27N3O5/c1-14(2)26-19-9-7-6-8-17(19)23(22(26)29,25-15(3)27)13-21(28)24-18-12-16(30-4)10-11-20(18)31-5/h6-12,14H,13H2,1-5H3,(H,24,28)(H,25,27)/t23-/m1/s1. The number of benzene rings is 2. The summed E-state index contributed by atoms with van der Waals surface area (Å²) in [5.74, 6) is -0.202. The van der Waals surface area contributed by atoms with Gasteiger partial charge in [-0.25, -0.2) is 0 Å². The maximum absolute atomic E-state index is 13.6. The summed E-state index contributed by atoms with van der Waals surface area (Å²) in [7, 11) is 3.02. The number of carbonyl (C=O) groups is 3. The second-order valence-corrected chi connectivity index (χ2v) is 7.66. The van der Waals surface area contributed by atoms with E-state index >= 15 is 0 Å². The van der Waals surface area contributed by atoms with Gasteiger partial charge in [-0.15, -0.1) is 0 Å². The molecule has 3 rings (SSSR count). The average Bonchev–Trinajstić information content (AvgIpc) is 2.95. The third kappa shape index (κ3) is 4.05. The summed E-state index contributed by atoms with van der Waals surface area (Å²) in [5, 5.41) is 5.56. The Morgan fingerprint density at radius 3 is 2.42 bits per heavy atom. The third-order valence-corrected chi connectivity index (χ3v) is 5.22. The number of amides is 3. The van der Waals surface area contributed by atoms with Gasteiger partial charge < -0.3 is 25.0 Å². The first-order valence-electron chi connectivity index (χ1n) is 9.97.